The molecule has 10 nitrogen and oxygen atoms in total. The lowest BCUT2D eigenvalue weighted by molar-refractivity contribution is 0.0802. The highest BCUT2D eigenvalue weighted by molar-refractivity contribution is 6.06. The minimum Gasteiger partial charge on any atom is -0.497 e. The molecule has 0 saturated heterocycles. The van der Waals surface area contributed by atoms with Crippen LogP contribution in [0.15, 0.2) is 97.5 Å². The number of carbonyl (C=O) groups excluding carboxylic acids is 2. The van der Waals surface area contributed by atoms with Gasteiger partial charge in [0.15, 0.2) is 5.65 Å². The Labute approximate surface area is 211 Å². The third-order valence-electron chi connectivity index (χ3n) is 5.55. The maximum Gasteiger partial charge on any atom is 0.351 e. The number of para-hydroxylation sites is 1. The van der Waals surface area contributed by atoms with Gasteiger partial charge in [-0.05, 0) is 66.7 Å². The Morgan fingerprint density at radius 3 is 2.24 bits per heavy atom. The zero-order valence-corrected chi connectivity index (χ0v) is 19.7. The molecule has 5 aromatic rings. The van der Waals surface area contributed by atoms with E-state index in [1.54, 1.807) is 18.2 Å². The van der Waals surface area contributed by atoms with Crippen LogP contribution in [-0.2, 0) is 0 Å². The lowest BCUT2D eigenvalue weighted by Crippen LogP contribution is -2.44. The summed E-state index contributed by atoms with van der Waals surface area (Å²) in [6.45, 7) is 0. The van der Waals surface area contributed by atoms with Gasteiger partial charge in [0.05, 0.1) is 12.5 Å². The predicted molar refractivity (Wildman–Crippen MR) is 138 cm³/mol. The van der Waals surface area contributed by atoms with E-state index in [0.29, 0.717) is 33.4 Å². The van der Waals surface area contributed by atoms with Gasteiger partial charge >= 0.3 is 6.03 Å². The number of carbonyl (C=O) groups is 2. The van der Waals surface area contributed by atoms with Gasteiger partial charge < -0.3 is 14.8 Å². The van der Waals surface area contributed by atoms with E-state index >= 15 is 0 Å². The van der Waals surface area contributed by atoms with Gasteiger partial charge in [-0.2, -0.15) is 5.01 Å². The Kier molecular flexibility index (Phi) is 6.47. The number of rotatable bonds is 6. The number of methoxy groups -OCH3 is 1. The predicted octanol–water partition coefficient (Wildman–Crippen LogP) is 4.96. The number of hydrazine groups is 1. The van der Waals surface area contributed by atoms with E-state index in [4.69, 9.17) is 15.3 Å². The van der Waals surface area contributed by atoms with Gasteiger partial charge in [-0.15, -0.1) is 0 Å². The smallest absolute Gasteiger partial charge is 0.351 e. The quantitative estimate of drug-likeness (QED) is 0.193. The number of nitrogens with one attached hydrogen (secondary N) is 1. The molecule has 37 heavy (non-hydrogen) atoms. The maximum absolute atomic E-state index is 13.0. The van der Waals surface area contributed by atoms with Gasteiger partial charge in [0.2, 0.25) is 0 Å². The van der Waals surface area contributed by atoms with E-state index in [-0.39, 0.29) is 5.56 Å². The molecule has 5 rings (SSSR count). The average molecular weight is 495 g/mol. The van der Waals surface area contributed by atoms with Crippen LogP contribution in [0.25, 0.3) is 11.0 Å². The Morgan fingerprint density at radius 2 is 1.54 bits per heavy atom. The van der Waals surface area contributed by atoms with E-state index < -0.39 is 11.9 Å². The average Bonchev–Trinajstić information content (AvgIpc) is 3.39. The van der Waals surface area contributed by atoms with Crippen LogP contribution in [0.3, 0.4) is 0 Å². The number of aromatic nitrogens is 3. The van der Waals surface area contributed by atoms with Crippen LogP contribution in [0.2, 0.25) is 0 Å². The molecule has 2 aromatic heterocycles. The summed E-state index contributed by atoms with van der Waals surface area (Å²) in [7, 11) is 1.52. The summed E-state index contributed by atoms with van der Waals surface area (Å²) in [4.78, 5) is 34.3. The number of nitrogens with two attached hydrogens (primary N) is 1. The van der Waals surface area contributed by atoms with Crippen LogP contribution in [0.1, 0.15) is 10.4 Å². The minimum absolute atomic E-state index is 0.241. The minimum atomic E-state index is -0.761. The molecule has 0 bridgehead atoms. The van der Waals surface area contributed by atoms with E-state index in [2.05, 4.69) is 15.3 Å². The first-order chi connectivity index (χ1) is 18.0. The largest absolute Gasteiger partial charge is 0.497 e. The van der Waals surface area contributed by atoms with Crippen molar-refractivity contribution < 1.29 is 19.1 Å². The summed E-state index contributed by atoms with van der Waals surface area (Å²) >= 11 is 0. The highest BCUT2D eigenvalue weighted by Crippen LogP contribution is 2.27. The maximum atomic E-state index is 13.0. The number of hydrogen-bond acceptors (Lipinski definition) is 8. The third kappa shape index (κ3) is 4.95. The van der Waals surface area contributed by atoms with Gasteiger partial charge in [0, 0.05) is 17.4 Å². The molecular formula is C27H22N6O4. The van der Waals surface area contributed by atoms with Crippen LogP contribution >= 0.6 is 0 Å². The number of imide groups is 1. The zero-order chi connectivity index (χ0) is 25.8. The van der Waals surface area contributed by atoms with Crippen molar-refractivity contribution in [2.75, 3.05) is 12.4 Å². The van der Waals surface area contributed by atoms with Gasteiger partial charge in [0.1, 0.15) is 29.4 Å². The van der Waals surface area contributed by atoms with Gasteiger partial charge in [-0.25, -0.2) is 20.6 Å². The first-order valence-corrected chi connectivity index (χ1v) is 11.2. The molecule has 2 heterocycles. The fourth-order valence-corrected chi connectivity index (χ4v) is 3.65. The number of amides is 2. The van der Waals surface area contributed by atoms with Crippen molar-refractivity contribution in [3.63, 3.8) is 0 Å². The molecule has 3 N–H and O–H groups in total. The summed E-state index contributed by atoms with van der Waals surface area (Å²) < 4.78 is 12.1. The number of fused-ring (bicyclic) bond motifs is 1. The highest BCUT2D eigenvalue weighted by atomic mass is 16.5. The lowest BCUT2D eigenvalue weighted by Gasteiger charge is -2.16. The molecular weight excluding hydrogens is 472 g/mol. The molecule has 0 saturated carbocycles. The van der Waals surface area contributed by atoms with Crippen molar-refractivity contribution in [3.05, 3.63) is 103 Å². The van der Waals surface area contributed by atoms with Crippen LogP contribution in [-0.4, -0.2) is 38.6 Å². The summed E-state index contributed by atoms with van der Waals surface area (Å²) in [6.07, 6.45) is 2.82. The molecule has 10 heteroatoms. The van der Waals surface area contributed by atoms with Crippen LogP contribution in [0.5, 0.6) is 17.2 Å². The summed E-state index contributed by atoms with van der Waals surface area (Å²) in [5, 5.41) is 4.34. The molecule has 184 valence electrons. The van der Waals surface area contributed by atoms with Gasteiger partial charge in [0.25, 0.3) is 5.91 Å². The first-order valence-electron chi connectivity index (χ1n) is 11.2. The second kappa shape index (κ2) is 10.2. The normalized spacial score (nSPS) is 10.6. The Bertz CT molecular complexity index is 1550. The Morgan fingerprint density at radius 1 is 0.865 bits per heavy atom. The lowest BCUT2D eigenvalue weighted by atomic mass is 10.2. The molecule has 0 aliphatic rings. The van der Waals surface area contributed by atoms with Crippen molar-refractivity contribution >= 4 is 34.5 Å². The number of benzene rings is 3. The molecule has 0 fully saturated rings. The molecule has 0 radical (unpaired) electrons. The second-order valence-electron chi connectivity index (χ2n) is 7.90. The number of ether oxygens (including phenoxy) is 2. The van der Waals surface area contributed by atoms with E-state index in [0.717, 1.165) is 11.4 Å². The van der Waals surface area contributed by atoms with Crippen molar-refractivity contribution in [3.8, 4) is 17.2 Å². The van der Waals surface area contributed by atoms with Crippen LogP contribution < -0.4 is 20.6 Å². The van der Waals surface area contributed by atoms with E-state index in [1.807, 2.05) is 54.6 Å². The summed E-state index contributed by atoms with van der Waals surface area (Å²) in [6, 6.07) is 24.1. The molecule has 3 aromatic carbocycles. The highest BCUT2D eigenvalue weighted by Gasteiger charge is 2.23. The Hall–Kier alpha value is -5.22. The molecule has 0 aliphatic carbocycles. The van der Waals surface area contributed by atoms with E-state index in [1.165, 1.54) is 36.3 Å². The number of hydrogen-bond donors (Lipinski definition) is 2. The van der Waals surface area contributed by atoms with Crippen molar-refractivity contribution in [1.29, 1.82) is 0 Å². The topological polar surface area (TPSA) is 125 Å². The second-order valence-corrected chi connectivity index (χ2v) is 7.90. The molecule has 0 aliphatic heterocycles. The van der Waals surface area contributed by atoms with Crippen LogP contribution in [0, 0.1) is 0 Å². The summed E-state index contributed by atoms with van der Waals surface area (Å²) in [5.41, 5.74) is 1.30. The SMILES string of the molecule is COc1ccc(C(=O)N(N)C(=O)n2ccc3c(Nc4ccc(Oc5ccccc5)cc4)ncnc32)cc1. The zero-order valence-electron chi connectivity index (χ0n) is 19.7. The summed E-state index contributed by atoms with van der Waals surface area (Å²) in [5.74, 6) is 7.71. The third-order valence-corrected chi connectivity index (χ3v) is 5.55. The van der Waals surface area contributed by atoms with Gasteiger partial charge in [-0.1, -0.05) is 18.2 Å². The molecule has 2 amide bonds. The molecule has 0 unspecified atom stereocenters. The van der Waals surface area contributed by atoms with Crippen LogP contribution in [0.4, 0.5) is 16.3 Å². The van der Waals surface area contributed by atoms with Crippen molar-refractivity contribution in [1.82, 2.24) is 19.5 Å². The Balaban J connectivity index is 1.33. The fraction of sp³-hybridized carbons (Fsp3) is 0.0370. The van der Waals surface area contributed by atoms with Crippen molar-refractivity contribution in [2.45, 2.75) is 0 Å². The monoisotopic (exact) mass is 494 g/mol. The number of nitrogens with zero attached hydrogens (tertiary/aromatic N) is 4. The van der Waals surface area contributed by atoms with E-state index in [9.17, 15) is 9.59 Å². The number of anilines is 2. The first kappa shape index (κ1) is 23.5. The fourth-order valence-electron chi connectivity index (χ4n) is 3.65. The van der Waals surface area contributed by atoms with Crippen molar-refractivity contribution in [2.24, 2.45) is 5.84 Å². The standard InChI is InChI=1S/C27H22N6O4/c1-36-20-11-7-18(8-12-20)26(34)33(28)27(35)32-16-15-23-24(29-17-30-25(23)32)31-19-9-13-22(14-10-19)37-21-5-3-2-4-6-21/h2-17H,28H2,1H3,(H,29,30,31). The molecule has 0 spiro atoms. The molecule has 0 atom stereocenters. The van der Waals surface area contributed by atoms with Gasteiger partial charge in [-0.3, -0.25) is 9.36 Å².